The molecule has 7 aromatic carbocycles. The van der Waals surface area contributed by atoms with Gasteiger partial charge in [-0.1, -0.05) is 114 Å². The fourth-order valence-electron chi connectivity index (χ4n) is 7.17. The van der Waals surface area contributed by atoms with E-state index in [4.69, 9.17) is 11.5 Å². The molecule has 0 aliphatic rings. The van der Waals surface area contributed by atoms with Crippen LogP contribution in [0.1, 0.15) is 52.7 Å². The molecule has 0 fully saturated rings. The maximum atomic E-state index is 12.4. The quantitative estimate of drug-likeness (QED) is 0.0604. The van der Waals surface area contributed by atoms with Gasteiger partial charge in [0.2, 0.25) is 0 Å². The maximum Gasteiger partial charge on any atom is 0.299 e. The summed E-state index contributed by atoms with van der Waals surface area (Å²) in [5, 5.41) is 31.3. The Hall–Kier alpha value is -7.46. The van der Waals surface area contributed by atoms with Gasteiger partial charge in [-0.2, -0.15) is 0 Å². The second-order valence-electron chi connectivity index (χ2n) is 17.2. The molecule has 0 amide bonds. The zero-order chi connectivity index (χ0) is 42.9. The largest absolute Gasteiger partial charge is 0.399 e. The van der Waals surface area contributed by atoms with E-state index in [9.17, 15) is 20.2 Å². The van der Waals surface area contributed by atoms with E-state index in [1.165, 1.54) is 6.07 Å². The van der Waals surface area contributed by atoms with Crippen molar-refractivity contribution in [1.29, 1.82) is 0 Å². The molecule has 0 unspecified atom stereocenters. The molecule has 0 aliphatic carbocycles. The lowest BCUT2D eigenvalue weighted by atomic mass is 9.83. The molecule has 60 heavy (non-hydrogen) atoms. The fourth-order valence-corrected chi connectivity index (χ4v) is 7.17. The van der Waals surface area contributed by atoms with E-state index in [2.05, 4.69) is 88.6 Å². The molecule has 0 radical (unpaired) electrons. The van der Waals surface area contributed by atoms with Crippen LogP contribution in [0.15, 0.2) is 146 Å². The molecule has 0 aromatic heterocycles. The Labute approximate surface area is 350 Å². The summed E-state index contributed by atoms with van der Waals surface area (Å²) in [5.74, 6) is 0. The highest BCUT2D eigenvalue weighted by molar-refractivity contribution is 5.85. The number of anilines is 6. The minimum atomic E-state index is -0.617. The van der Waals surface area contributed by atoms with Crippen molar-refractivity contribution in [1.82, 2.24) is 0 Å². The Morgan fingerprint density at radius 1 is 0.417 bits per heavy atom. The van der Waals surface area contributed by atoms with Gasteiger partial charge < -0.3 is 22.1 Å². The monoisotopic (exact) mass is 796 g/mol. The molecule has 0 heterocycles. The summed E-state index contributed by atoms with van der Waals surface area (Å²) in [6.07, 6.45) is 0. The van der Waals surface area contributed by atoms with Crippen molar-refractivity contribution in [3.8, 4) is 44.5 Å². The molecule has 7 aromatic rings. The minimum absolute atomic E-state index is 0.0925. The molecule has 0 bridgehead atoms. The van der Waals surface area contributed by atoms with Gasteiger partial charge in [0.25, 0.3) is 11.4 Å². The Kier molecular flexibility index (Phi) is 10.9. The van der Waals surface area contributed by atoms with Gasteiger partial charge in [0.1, 0.15) is 11.4 Å². The van der Waals surface area contributed by atoms with Gasteiger partial charge in [-0.3, -0.25) is 20.2 Å². The zero-order valence-electron chi connectivity index (χ0n) is 34.5. The van der Waals surface area contributed by atoms with E-state index in [0.29, 0.717) is 22.7 Å². The number of hydrogen-bond donors (Lipinski definition) is 4. The standard InChI is InChI=1S/C50H48N6O4/c1-49(2,3)39-21-35(31-11-7-15-41(51)25-31)19-37(23-39)33-13-9-17-43(27-33)53-45-29-46(48(56(59)60)30-47(45)55(57)58)54-44-18-10-14-34(28-44)38-20-36(22-40(24-38)50(4,5)6)32-12-8-16-42(52)26-32/h7-30,53-54H,51-52H2,1-6H3. The maximum absolute atomic E-state index is 12.4. The summed E-state index contributed by atoms with van der Waals surface area (Å²) in [6, 6.07) is 45.9. The molecule has 0 spiro atoms. The normalized spacial score (nSPS) is 11.6. The summed E-state index contributed by atoms with van der Waals surface area (Å²) >= 11 is 0. The highest BCUT2D eigenvalue weighted by Crippen LogP contribution is 2.41. The van der Waals surface area contributed by atoms with Crippen LogP contribution in [-0.4, -0.2) is 9.85 Å². The average molecular weight is 797 g/mol. The van der Waals surface area contributed by atoms with Crippen LogP contribution in [0.3, 0.4) is 0 Å². The SMILES string of the molecule is CC(C)(C)c1cc(-c2cccc(N)c2)cc(-c2cccc(Nc3cc(Nc4cccc(-c5cc(-c6cccc(N)c6)cc(C(C)(C)C)c5)c4)c([N+](=O)[O-])cc3[N+](=O)[O-])c2)c1. The number of nitrogens with zero attached hydrogens (tertiary/aromatic N) is 2. The second kappa shape index (κ2) is 16.1. The van der Waals surface area contributed by atoms with E-state index < -0.39 is 21.2 Å². The molecule has 10 heteroatoms. The number of nitrogen functional groups attached to an aromatic ring is 2. The summed E-state index contributed by atoms with van der Waals surface area (Å²) in [5.41, 5.74) is 23.7. The molecular formula is C50H48N6O4. The predicted octanol–water partition coefficient (Wildman–Crippen LogP) is 13.4. The first-order valence-corrected chi connectivity index (χ1v) is 19.7. The topological polar surface area (TPSA) is 162 Å². The predicted molar refractivity (Wildman–Crippen MR) is 247 cm³/mol. The van der Waals surface area contributed by atoms with Gasteiger partial charge in [0.05, 0.1) is 15.9 Å². The first-order valence-electron chi connectivity index (χ1n) is 19.7. The van der Waals surface area contributed by atoms with E-state index in [0.717, 1.165) is 61.7 Å². The number of nitrogens with one attached hydrogen (secondary N) is 2. The van der Waals surface area contributed by atoms with Crippen LogP contribution in [0, 0.1) is 20.2 Å². The molecule has 0 aliphatic heterocycles. The van der Waals surface area contributed by atoms with E-state index in [1.54, 1.807) is 12.1 Å². The van der Waals surface area contributed by atoms with Gasteiger partial charge in [-0.15, -0.1) is 0 Å². The van der Waals surface area contributed by atoms with E-state index in [1.807, 2.05) is 84.9 Å². The molecule has 7 rings (SSSR count). The number of benzene rings is 7. The van der Waals surface area contributed by atoms with Crippen molar-refractivity contribution >= 4 is 45.5 Å². The molecule has 10 nitrogen and oxygen atoms in total. The third kappa shape index (κ3) is 9.13. The van der Waals surface area contributed by atoms with Crippen LogP contribution >= 0.6 is 0 Å². The molecular weight excluding hydrogens is 749 g/mol. The number of nitro benzene ring substituents is 2. The Bertz CT molecular complexity index is 2600. The molecule has 0 saturated carbocycles. The summed E-state index contributed by atoms with van der Waals surface area (Å²) in [7, 11) is 0. The van der Waals surface area contributed by atoms with Crippen LogP contribution < -0.4 is 22.1 Å². The summed E-state index contributed by atoms with van der Waals surface area (Å²) in [4.78, 5) is 23.6. The number of hydrogen-bond acceptors (Lipinski definition) is 8. The van der Waals surface area contributed by atoms with E-state index in [-0.39, 0.29) is 22.2 Å². The highest BCUT2D eigenvalue weighted by Gasteiger charge is 2.26. The first kappa shape index (κ1) is 40.7. The van der Waals surface area contributed by atoms with Gasteiger partial charge in [-0.25, -0.2) is 0 Å². The van der Waals surface area contributed by atoms with Crippen LogP contribution in [0.25, 0.3) is 44.5 Å². The summed E-state index contributed by atoms with van der Waals surface area (Å²) in [6.45, 7) is 13.0. The highest BCUT2D eigenvalue weighted by atomic mass is 16.6. The number of nitro groups is 2. The molecule has 6 N–H and O–H groups in total. The lowest BCUT2D eigenvalue weighted by Gasteiger charge is -2.22. The second-order valence-corrected chi connectivity index (χ2v) is 17.2. The van der Waals surface area contributed by atoms with Gasteiger partial charge in [-0.05, 0) is 133 Å². The Balaban J connectivity index is 1.26. The average Bonchev–Trinajstić information content (AvgIpc) is 3.20. The Morgan fingerprint density at radius 3 is 1.07 bits per heavy atom. The zero-order valence-corrected chi connectivity index (χ0v) is 34.5. The number of rotatable bonds is 10. The van der Waals surface area contributed by atoms with Crippen molar-refractivity contribution < 1.29 is 9.85 Å². The lowest BCUT2D eigenvalue weighted by molar-refractivity contribution is -0.393. The van der Waals surface area contributed by atoms with Crippen molar-refractivity contribution in [3.05, 3.63) is 177 Å². The van der Waals surface area contributed by atoms with Crippen LogP contribution in [0.4, 0.5) is 45.5 Å². The van der Waals surface area contributed by atoms with E-state index >= 15 is 0 Å². The Morgan fingerprint density at radius 2 is 0.750 bits per heavy atom. The van der Waals surface area contributed by atoms with Gasteiger partial charge in [0, 0.05) is 22.7 Å². The smallest absolute Gasteiger partial charge is 0.299 e. The van der Waals surface area contributed by atoms with Crippen molar-refractivity contribution in [2.45, 2.75) is 52.4 Å². The first-order chi connectivity index (χ1) is 28.4. The third-order valence-electron chi connectivity index (χ3n) is 10.5. The van der Waals surface area contributed by atoms with Gasteiger partial charge >= 0.3 is 0 Å². The lowest BCUT2D eigenvalue weighted by Crippen LogP contribution is -2.11. The van der Waals surface area contributed by atoms with Crippen LogP contribution in [0.5, 0.6) is 0 Å². The number of nitrogens with two attached hydrogens (primary N) is 2. The van der Waals surface area contributed by atoms with Gasteiger partial charge in [0.15, 0.2) is 0 Å². The molecule has 0 atom stereocenters. The summed E-state index contributed by atoms with van der Waals surface area (Å²) < 4.78 is 0. The van der Waals surface area contributed by atoms with Crippen molar-refractivity contribution in [2.75, 3.05) is 22.1 Å². The van der Waals surface area contributed by atoms with Crippen molar-refractivity contribution in [3.63, 3.8) is 0 Å². The van der Waals surface area contributed by atoms with Crippen LogP contribution in [-0.2, 0) is 10.8 Å². The molecule has 302 valence electrons. The fraction of sp³-hybridized carbons (Fsp3) is 0.160. The van der Waals surface area contributed by atoms with Crippen LogP contribution in [0.2, 0.25) is 0 Å². The third-order valence-corrected chi connectivity index (χ3v) is 10.5. The minimum Gasteiger partial charge on any atom is -0.399 e. The van der Waals surface area contributed by atoms with Crippen molar-refractivity contribution in [2.24, 2.45) is 0 Å². The molecule has 0 saturated heterocycles.